The van der Waals surface area contributed by atoms with Gasteiger partial charge in [-0.05, 0) is 18.1 Å². The summed E-state index contributed by atoms with van der Waals surface area (Å²) in [5.74, 6) is 1.70. The summed E-state index contributed by atoms with van der Waals surface area (Å²) in [4.78, 5) is 6.55. The van der Waals surface area contributed by atoms with Crippen molar-refractivity contribution < 1.29 is 14.6 Å². The Kier molecular flexibility index (Phi) is 5.03. The lowest BCUT2D eigenvalue weighted by molar-refractivity contribution is 0.00333. The number of nitrogens with two attached hydrogens (primary N) is 1. The van der Waals surface area contributed by atoms with Crippen molar-refractivity contribution in [2.75, 3.05) is 43.5 Å². The van der Waals surface area contributed by atoms with Gasteiger partial charge >= 0.3 is 0 Å². The normalized spacial score (nSPS) is 19.4. The molecule has 6 heteroatoms. The van der Waals surface area contributed by atoms with E-state index in [4.69, 9.17) is 15.2 Å². The molecule has 6 nitrogen and oxygen atoms in total. The first-order valence-corrected chi connectivity index (χ1v) is 6.97. The second kappa shape index (κ2) is 6.76. The van der Waals surface area contributed by atoms with E-state index in [-0.39, 0.29) is 12.7 Å². The van der Waals surface area contributed by atoms with Crippen molar-refractivity contribution in [2.45, 2.75) is 20.0 Å². The van der Waals surface area contributed by atoms with Crippen LogP contribution in [0.4, 0.5) is 11.5 Å². The van der Waals surface area contributed by atoms with E-state index in [2.05, 4.69) is 23.7 Å². The number of rotatable bonds is 5. The number of aliphatic hydroxyl groups is 1. The standard InChI is InChI=1S/C14H23N3O3/c1-10(2)9-20-14-12(15)3-4-13(16-14)17-5-6-19-11(7-17)8-18/h3-4,10-11,18H,5-9,15H2,1-2H3. The molecule has 1 aromatic heterocycles. The summed E-state index contributed by atoms with van der Waals surface area (Å²) in [6, 6.07) is 3.68. The van der Waals surface area contributed by atoms with E-state index in [1.807, 2.05) is 6.07 Å². The Balaban J connectivity index is 2.09. The molecular formula is C14H23N3O3. The molecule has 1 aliphatic rings. The first-order valence-electron chi connectivity index (χ1n) is 6.97. The average Bonchev–Trinajstić information content (AvgIpc) is 2.46. The van der Waals surface area contributed by atoms with Crippen molar-refractivity contribution in [3.05, 3.63) is 12.1 Å². The summed E-state index contributed by atoms with van der Waals surface area (Å²) in [5.41, 5.74) is 6.43. The lowest BCUT2D eigenvalue weighted by Gasteiger charge is -2.33. The zero-order valence-electron chi connectivity index (χ0n) is 12.1. The Labute approximate surface area is 119 Å². The first-order chi connectivity index (χ1) is 9.60. The fourth-order valence-electron chi connectivity index (χ4n) is 2.02. The molecule has 1 atom stereocenters. The Hall–Kier alpha value is -1.53. The van der Waals surface area contributed by atoms with Crippen LogP contribution in [0.5, 0.6) is 5.88 Å². The third-order valence-corrected chi connectivity index (χ3v) is 3.09. The van der Waals surface area contributed by atoms with Crippen molar-refractivity contribution in [3.8, 4) is 5.88 Å². The maximum absolute atomic E-state index is 9.18. The number of aromatic nitrogens is 1. The van der Waals surface area contributed by atoms with Gasteiger partial charge in [0.1, 0.15) is 5.82 Å². The van der Waals surface area contributed by atoms with Crippen molar-refractivity contribution in [2.24, 2.45) is 5.92 Å². The predicted molar refractivity (Wildman–Crippen MR) is 78.0 cm³/mol. The molecule has 0 saturated carbocycles. The maximum atomic E-state index is 9.18. The van der Waals surface area contributed by atoms with E-state index in [0.717, 1.165) is 12.4 Å². The van der Waals surface area contributed by atoms with Crippen LogP contribution in [0.15, 0.2) is 12.1 Å². The van der Waals surface area contributed by atoms with Gasteiger partial charge in [-0.25, -0.2) is 0 Å². The number of hydrogen-bond acceptors (Lipinski definition) is 6. The smallest absolute Gasteiger partial charge is 0.239 e. The molecule has 2 rings (SSSR count). The number of hydrogen-bond donors (Lipinski definition) is 2. The lowest BCUT2D eigenvalue weighted by atomic mass is 10.2. The van der Waals surface area contributed by atoms with Gasteiger partial charge in [-0.15, -0.1) is 0 Å². The van der Waals surface area contributed by atoms with Gasteiger partial charge < -0.3 is 25.2 Å². The number of pyridine rings is 1. The van der Waals surface area contributed by atoms with E-state index in [9.17, 15) is 5.11 Å². The average molecular weight is 281 g/mol. The highest BCUT2D eigenvalue weighted by Crippen LogP contribution is 2.24. The lowest BCUT2D eigenvalue weighted by Crippen LogP contribution is -2.44. The largest absolute Gasteiger partial charge is 0.476 e. The van der Waals surface area contributed by atoms with Crippen LogP contribution in [0.2, 0.25) is 0 Å². The topological polar surface area (TPSA) is 80.8 Å². The molecule has 1 aromatic rings. The van der Waals surface area contributed by atoms with Gasteiger partial charge in [0, 0.05) is 13.1 Å². The van der Waals surface area contributed by atoms with Crippen molar-refractivity contribution in [1.29, 1.82) is 0 Å². The van der Waals surface area contributed by atoms with Gasteiger partial charge in [-0.3, -0.25) is 0 Å². The molecule has 0 spiro atoms. The number of morpholine rings is 1. The molecule has 1 saturated heterocycles. The molecule has 112 valence electrons. The highest BCUT2D eigenvalue weighted by atomic mass is 16.5. The Morgan fingerprint density at radius 3 is 3.05 bits per heavy atom. The van der Waals surface area contributed by atoms with Gasteiger partial charge in [0.05, 0.1) is 31.6 Å². The molecule has 2 heterocycles. The van der Waals surface area contributed by atoms with Crippen molar-refractivity contribution >= 4 is 11.5 Å². The molecule has 0 radical (unpaired) electrons. The highest BCUT2D eigenvalue weighted by molar-refractivity contribution is 5.54. The zero-order valence-corrected chi connectivity index (χ0v) is 12.1. The first kappa shape index (κ1) is 14.9. The van der Waals surface area contributed by atoms with Crippen molar-refractivity contribution in [3.63, 3.8) is 0 Å². The summed E-state index contributed by atoms with van der Waals surface area (Å²) in [6.07, 6.45) is -0.164. The zero-order chi connectivity index (χ0) is 14.5. The van der Waals surface area contributed by atoms with Gasteiger partial charge in [0.2, 0.25) is 5.88 Å². The minimum absolute atomic E-state index is 0.0161. The molecule has 3 N–H and O–H groups in total. The number of aliphatic hydroxyl groups excluding tert-OH is 1. The summed E-state index contributed by atoms with van der Waals surface area (Å²) >= 11 is 0. The number of nitrogen functional groups attached to an aromatic ring is 1. The molecular weight excluding hydrogens is 258 g/mol. The molecule has 1 aliphatic heterocycles. The third-order valence-electron chi connectivity index (χ3n) is 3.09. The minimum Gasteiger partial charge on any atom is -0.476 e. The van der Waals surface area contributed by atoms with E-state index in [0.29, 0.717) is 37.2 Å². The number of ether oxygens (including phenoxy) is 2. The summed E-state index contributed by atoms with van der Waals surface area (Å²) in [7, 11) is 0. The Morgan fingerprint density at radius 2 is 2.35 bits per heavy atom. The van der Waals surface area contributed by atoms with Gasteiger partial charge in [-0.1, -0.05) is 13.8 Å². The molecule has 1 unspecified atom stereocenters. The Morgan fingerprint density at radius 1 is 1.55 bits per heavy atom. The molecule has 1 fully saturated rings. The van der Waals surface area contributed by atoms with Crippen LogP contribution in [-0.4, -0.2) is 49.1 Å². The van der Waals surface area contributed by atoms with Crippen LogP contribution < -0.4 is 15.4 Å². The number of anilines is 2. The Bertz CT molecular complexity index is 440. The highest BCUT2D eigenvalue weighted by Gasteiger charge is 2.21. The second-order valence-electron chi connectivity index (χ2n) is 5.39. The molecule has 20 heavy (non-hydrogen) atoms. The molecule has 0 aliphatic carbocycles. The van der Waals surface area contributed by atoms with E-state index >= 15 is 0 Å². The fourth-order valence-corrected chi connectivity index (χ4v) is 2.02. The summed E-state index contributed by atoms with van der Waals surface area (Å²) in [6.45, 7) is 6.71. The third kappa shape index (κ3) is 3.74. The van der Waals surface area contributed by atoms with E-state index in [1.165, 1.54) is 0 Å². The SMILES string of the molecule is CC(C)COc1nc(N2CCOC(CO)C2)ccc1N. The van der Waals surface area contributed by atoms with Gasteiger partial charge in [-0.2, -0.15) is 4.98 Å². The molecule has 0 bridgehead atoms. The van der Waals surface area contributed by atoms with Crippen LogP contribution in [0, 0.1) is 5.92 Å². The number of nitrogens with zero attached hydrogens (tertiary/aromatic N) is 2. The van der Waals surface area contributed by atoms with Crippen LogP contribution in [0.1, 0.15) is 13.8 Å². The van der Waals surface area contributed by atoms with Crippen LogP contribution >= 0.6 is 0 Å². The van der Waals surface area contributed by atoms with Crippen molar-refractivity contribution in [1.82, 2.24) is 4.98 Å². The second-order valence-corrected chi connectivity index (χ2v) is 5.39. The van der Waals surface area contributed by atoms with Crippen LogP contribution in [0.25, 0.3) is 0 Å². The van der Waals surface area contributed by atoms with E-state index < -0.39 is 0 Å². The van der Waals surface area contributed by atoms with E-state index in [1.54, 1.807) is 6.07 Å². The van der Waals surface area contributed by atoms with Crippen LogP contribution in [0.3, 0.4) is 0 Å². The molecule has 0 amide bonds. The predicted octanol–water partition coefficient (Wildman–Crippen LogP) is 0.896. The maximum Gasteiger partial charge on any atom is 0.239 e. The molecule has 0 aromatic carbocycles. The van der Waals surface area contributed by atoms with Gasteiger partial charge in [0.15, 0.2) is 0 Å². The summed E-state index contributed by atoms with van der Waals surface area (Å²) in [5, 5.41) is 9.18. The summed E-state index contributed by atoms with van der Waals surface area (Å²) < 4.78 is 11.1. The fraction of sp³-hybridized carbons (Fsp3) is 0.643. The quantitative estimate of drug-likeness (QED) is 0.834. The van der Waals surface area contributed by atoms with Crippen LogP contribution in [-0.2, 0) is 4.74 Å². The minimum atomic E-state index is -0.164. The monoisotopic (exact) mass is 281 g/mol. The van der Waals surface area contributed by atoms with Gasteiger partial charge in [0.25, 0.3) is 0 Å².